The minimum atomic E-state index is 0. The molecule has 0 heteroatoms. The second-order valence-electron chi connectivity index (χ2n) is 4.24. The van der Waals surface area contributed by atoms with Crippen LogP contribution >= 0.6 is 0 Å². The zero-order chi connectivity index (χ0) is 8.10. The van der Waals surface area contributed by atoms with Crippen molar-refractivity contribution in [1.29, 1.82) is 0 Å². The number of hydrogen-bond acceptors (Lipinski definition) is 0. The monoisotopic (exact) mass is 186 g/mol. The molecule has 0 saturated heterocycles. The summed E-state index contributed by atoms with van der Waals surface area (Å²) in [4.78, 5) is 0. The number of hydrogen-bond donors (Lipinski definition) is 0. The van der Waals surface area contributed by atoms with Crippen molar-refractivity contribution < 1.29 is 0 Å². The van der Waals surface area contributed by atoms with Crippen molar-refractivity contribution in [1.82, 2.24) is 0 Å². The van der Waals surface area contributed by atoms with Crippen LogP contribution < -0.4 is 0 Å². The molecule has 2 aliphatic carbocycles. The van der Waals surface area contributed by atoms with E-state index in [1.54, 1.807) is 0 Å². The maximum atomic E-state index is 2.31. The van der Waals surface area contributed by atoms with E-state index in [0.717, 1.165) is 11.8 Å². The molecule has 0 unspecified atom stereocenters. The lowest BCUT2D eigenvalue weighted by atomic mass is 9.84. The summed E-state index contributed by atoms with van der Waals surface area (Å²) in [6.45, 7) is 4.59. The van der Waals surface area contributed by atoms with E-state index < -0.39 is 0 Å². The smallest absolute Gasteiger partial charge is 0.0417 e. The van der Waals surface area contributed by atoms with Gasteiger partial charge in [0, 0.05) is 0 Å². The van der Waals surface area contributed by atoms with E-state index >= 15 is 0 Å². The fraction of sp³-hybridized carbons (Fsp3) is 1.00. The van der Waals surface area contributed by atoms with Crippen molar-refractivity contribution in [3.05, 3.63) is 0 Å². The third-order valence-electron chi connectivity index (χ3n) is 3.20. The second-order valence-corrected chi connectivity index (χ2v) is 4.24. The summed E-state index contributed by atoms with van der Waals surface area (Å²) in [5, 5.41) is 0. The van der Waals surface area contributed by atoms with Crippen molar-refractivity contribution in [2.45, 2.75) is 73.6 Å². The molecule has 0 aromatic heterocycles. The van der Waals surface area contributed by atoms with Crippen molar-refractivity contribution in [2.75, 3.05) is 0 Å². The van der Waals surface area contributed by atoms with E-state index in [4.69, 9.17) is 0 Å². The van der Waals surface area contributed by atoms with Gasteiger partial charge in [-0.1, -0.05) is 73.6 Å². The van der Waals surface area contributed by atoms with Crippen LogP contribution in [0.2, 0.25) is 0 Å². The van der Waals surface area contributed by atoms with Gasteiger partial charge in [-0.05, 0) is 11.8 Å². The zero-order valence-corrected chi connectivity index (χ0v) is 8.10. The third kappa shape index (κ3) is 6.12. The number of rotatable bonds is 1. The molecule has 2 rings (SSSR count). The third-order valence-corrected chi connectivity index (χ3v) is 3.20. The Labute approximate surface area is 86.1 Å². The van der Waals surface area contributed by atoms with E-state index in [0.29, 0.717) is 0 Å². The van der Waals surface area contributed by atoms with E-state index in [1.807, 2.05) is 0 Å². The minimum Gasteiger partial charge on any atom is -0.0776 e. The fourth-order valence-electron chi connectivity index (χ4n) is 1.51. The molecule has 0 amide bonds. The summed E-state index contributed by atoms with van der Waals surface area (Å²) in [6.07, 6.45) is 10.4. The van der Waals surface area contributed by atoms with Crippen LogP contribution in [-0.4, -0.2) is 0 Å². The first-order chi connectivity index (χ1) is 5.33. The van der Waals surface area contributed by atoms with Gasteiger partial charge in [-0.15, -0.1) is 0 Å². The molecule has 2 fully saturated rings. The highest BCUT2D eigenvalue weighted by molar-refractivity contribution is 4.66. The Morgan fingerprint density at radius 2 is 1.31 bits per heavy atom. The molecular formula is C13H30. The molecule has 0 spiro atoms. The molecule has 2 aliphatic rings. The Bertz CT molecular complexity index is 85.5. The first kappa shape index (κ1) is 15.5. The van der Waals surface area contributed by atoms with Crippen LogP contribution in [0.15, 0.2) is 0 Å². The standard InChI is InChI=1S/C6H12.C5H10.2CH4/c1-2-6-4-3-5-6;1-5-3-2-4-5;;/h6H,2-5H2,1H3;5H,2-4H2,1H3;2*1H4. The minimum absolute atomic E-state index is 0. The summed E-state index contributed by atoms with van der Waals surface area (Å²) in [7, 11) is 0. The molecule has 0 nitrogen and oxygen atoms in total. The highest BCUT2D eigenvalue weighted by atomic mass is 14.2. The molecule has 0 radical (unpaired) electrons. The molecule has 0 atom stereocenters. The van der Waals surface area contributed by atoms with E-state index in [-0.39, 0.29) is 14.9 Å². The van der Waals surface area contributed by atoms with Gasteiger partial charge in [-0.25, -0.2) is 0 Å². The molecule has 0 aromatic carbocycles. The Morgan fingerprint density at radius 3 is 1.31 bits per heavy atom. The van der Waals surface area contributed by atoms with Gasteiger partial charge in [0.05, 0.1) is 0 Å². The maximum absolute atomic E-state index is 2.31. The quantitative estimate of drug-likeness (QED) is 0.523. The van der Waals surface area contributed by atoms with Gasteiger partial charge in [0.25, 0.3) is 0 Å². The zero-order valence-electron chi connectivity index (χ0n) is 8.10. The highest BCUT2D eigenvalue weighted by Crippen LogP contribution is 2.28. The lowest BCUT2D eigenvalue weighted by molar-refractivity contribution is 0.307. The lowest BCUT2D eigenvalue weighted by Gasteiger charge is -2.22. The summed E-state index contributed by atoms with van der Waals surface area (Å²) in [5.41, 5.74) is 0. The molecule has 82 valence electrons. The molecule has 13 heavy (non-hydrogen) atoms. The average Bonchev–Trinajstić information content (AvgIpc) is 1.83. The predicted molar refractivity (Wildman–Crippen MR) is 64.1 cm³/mol. The first-order valence-electron chi connectivity index (χ1n) is 5.33. The van der Waals surface area contributed by atoms with Crippen LogP contribution in [0.25, 0.3) is 0 Å². The normalized spacial score (nSPS) is 20.8. The van der Waals surface area contributed by atoms with Gasteiger partial charge in [0.2, 0.25) is 0 Å². The lowest BCUT2D eigenvalue weighted by Crippen LogP contribution is -2.08. The SMILES string of the molecule is C.C.CC1CCC1.CCC1CCC1. The molecule has 0 N–H and O–H groups in total. The van der Waals surface area contributed by atoms with E-state index in [1.165, 1.54) is 44.9 Å². The van der Waals surface area contributed by atoms with Crippen molar-refractivity contribution in [2.24, 2.45) is 11.8 Å². The van der Waals surface area contributed by atoms with Crippen molar-refractivity contribution in [3.8, 4) is 0 Å². The van der Waals surface area contributed by atoms with Crippen LogP contribution in [0.3, 0.4) is 0 Å². The maximum Gasteiger partial charge on any atom is -0.0417 e. The van der Waals surface area contributed by atoms with Gasteiger partial charge in [-0.2, -0.15) is 0 Å². The van der Waals surface area contributed by atoms with Gasteiger partial charge in [-0.3, -0.25) is 0 Å². The Morgan fingerprint density at radius 1 is 0.923 bits per heavy atom. The summed E-state index contributed by atoms with van der Waals surface area (Å²) < 4.78 is 0. The molecule has 0 aliphatic heterocycles. The molecule has 0 heterocycles. The topological polar surface area (TPSA) is 0 Å². The van der Waals surface area contributed by atoms with E-state index in [2.05, 4.69) is 13.8 Å². The largest absolute Gasteiger partial charge is 0.0776 e. The van der Waals surface area contributed by atoms with Gasteiger partial charge < -0.3 is 0 Å². The van der Waals surface area contributed by atoms with Gasteiger partial charge in [0.15, 0.2) is 0 Å². The Kier molecular flexibility index (Phi) is 10.2. The van der Waals surface area contributed by atoms with Crippen LogP contribution in [0.5, 0.6) is 0 Å². The predicted octanol–water partition coefficient (Wildman–Crippen LogP) is 5.28. The summed E-state index contributed by atoms with van der Waals surface area (Å²) >= 11 is 0. The molecule has 2 saturated carbocycles. The summed E-state index contributed by atoms with van der Waals surface area (Å²) in [6, 6.07) is 0. The van der Waals surface area contributed by atoms with Gasteiger partial charge in [0.1, 0.15) is 0 Å². The first-order valence-corrected chi connectivity index (χ1v) is 5.33. The fourth-order valence-corrected chi connectivity index (χ4v) is 1.51. The van der Waals surface area contributed by atoms with Crippen molar-refractivity contribution >= 4 is 0 Å². The van der Waals surface area contributed by atoms with Crippen LogP contribution in [0, 0.1) is 11.8 Å². The van der Waals surface area contributed by atoms with Gasteiger partial charge >= 0.3 is 0 Å². The molecular weight excluding hydrogens is 156 g/mol. The Hall–Kier alpha value is 0. The van der Waals surface area contributed by atoms with Crippen LogP contribution in [0.1, 0.15) is 73.6 Å². The average molecular weight is 186 g/mol. The van der Waals surface area contributed by atoms with Crippen molar-refractivity contribution in [3.63, 3.8) is 0 Å². The highest BCUT2D eigenvalue weighted by Gasteiger charge is 2.13. The second kappa shape index (κ2) is 8.59. The van der Waals surface area contributed by atoms with Crippen LogP contribution in [0.4, 0.5) is 0 Å². The molecule has 0 bridgehead atoms. The summed E-state index contributed by atoms with van der Waals surface area (Å²) in [5.74, 6) is 2.18. The van der Waals surface area contributed by atoms with Crippen LogP contribution in [-0.2, 0) is 0 Å². The Balaban J connectivity index is 0. The molecule has 0 aromatic rings. The van der Waals surface area contributed by atoms with E-state index in [9.17, 15) is 0 Å².